The highest BCUT2D eigenvalue weighted by Gasteiger charge is 2.51. The van der Waals surface area contributed by atoms with Gasteiger partial charge in [-0.15, -0.1) is 0 Å². The van der Waals surface area contributed by atoms with E-state index in [1.807, 2.05) is 0 Å². The molecule has 0 bridgehead atoms. The maximum absolute atomic E-state index is 2.48. The van der Waals surface area contributed by atoms with Gasteiger partial charge in [0, 0.05) is 17.1 Å². The molecule has 0 heterocycles. The van der Waals surface area contributed by atoms with Gasteiger partial charge in [-0.2, -0.15) is 0 Å². The predicted octanol–water partition coefficient (Wildman–Crippen LogP) is 16.3. The lowest BCUT2D eigenvalue weighted by molar-refractivity contribution is 0.794. The second kappa shape index (κ2) is 13.5. The molecule has 2 aliphatic carbocycles. The van der Waals surface area contributed by atoms with Crippen LogP contribution in [0.1, 0.15) is 22.3 Å². The van der Waals surface area contributed by atoms with E-state index < -0.39 is 5.41 Å². The molecule has 0 amide bonds. The molecule has 0 fully saturated rings. The van der Waals surface area contributed by atoms with Crippen molar-refractivity contribution in [3.63, 3.8) is 0 Å². The Hall–Kier alpha value is -8.00. The lowest BCUT2D eigenvalue weighted by atomic mass is 9.70. The van der Waals surface area contributed by atoms with Crippen LogP contribution in [0.3, 0.4) is 0 Å². The molecule has 0 saturated heterocycles. The molecule has 0 saturated carbocycles. The molecule has 1 heteroatoms. The van der Waals surface area contributed by atoms with Crippen molar-refractivity contribution < 1.29 is 0 Å². The summed E-state index contributed by atoms with van der Waals surface area (Å²) in [5.41, 5.74) is 18.3. The summed E-state index contributed by atoms with van der Waals surface area (Å²) in [6.07, 6.45) is 0. The van der Waals surface area contributed by atoms with E-state index in [-0.39, 0.29) is 0 Å². The third kappa shape index (κ3) is 4.91. The first kappa shape index (κ1) is 34.8. The summed E-state index contributed by atoms with van der Waals surface area (Å²) in [4.78, 5) is 2.48. The van der Waals surface area contributed by atoms with Crippen molar-refractivity contribution in [1.82, 2.24) is 0 Å². The van der Waals surface area contributed by atoms with Crippen LogP contribution in [0.15, 0.2) is 237 Å². The lowest BCUT2D eigenvalue weighted by Crippen LogP contribution is -2.25. The minimum Gasteiger partial charge on any atom is -0.310 e. The van der Waals surface area contributed by atoms with E-state index in [1.165, 1.54) is 99.1 Å². The van der Waals surface area contributed by atoms with E-state index >= 15 is 0 Å². The maximum Gasteiger partial charge on any atom is 0.0725 e. The van der Waals surface area contributed by atoms with Gasteiger partial charge in [0.2, 0.25) is 0 Å². The Labute approximate surface area is 361 Å². The lowest BCUT2D eigenvalue weighted by Gasteiger charge is -2.31. The Morgan fingerprint density at radius 3 is 1.16 bits per heavy atom. The van der Waals surface area contributed by atoms with Gasteiger partial charge in [0.15, 0.2) is 0 Å². The molecule has 13 rings (SSSR count). The second-order valence-corrected chi connectivity index (χ2v) is 16.7. The van der Waals surface area contributed by atoms with Crippen molar-refractivity contribution in [3.8, 4) is 44.5 Å². The van der Waals surface area contributed by atoms with Crippen LogP contribution in [0.4, 0.5) is 17.1 Å². The van der Waals surface area contributed by atoms with Gasteiger partial charge in [0.05, 0.1) is 5.41 Å². The third-order valence-corrected chi connectivity index (χ3v) is 13.7. The maximum atomic E-state index is 2.48. The molecule has 2 aliphatic rings. The quantitative estimate of drug-likeness (QED) is 0.157. The van der Waals surface area contributed by atoms with Crippen LogP contribution >= 0.6 is 0 Å². The summed E-state index contributed by atoms with van der Waals surface area (Å²) in [7, 11) is 0. The first-order valence-corrected chi connectivity index (χ1v) is 21.6. The number of hydrogen-bond acceptors (Lipinski definition) is 1. The highest BCUT2D eigenvalue weighted by atomic mass is 15.1. The van der Waals surface area contributed by atoms with Gasteiger partial charge in [-0.05, 0) is 135 Å². The number of hydrogen-bond donors (Lipinski definition) is 0. The van der Waals surface area contributed by atoms with Gasteiger partial charge in [0.1, 0.15) is 0 Å². The molecule has 62 heavy (non-hydrogen) atoms. The Balaban J connectivity index is 1.09. The summed E-state index contributed by atoms with van der Waals surface area (Å²) < 4.78 is 0. The molecular weight excluding hydrogens is 747 g/mol. The number of fused-ring (bicyclic) bond motifs is 16. The summed E-state index contributed by atoms with van der Waals surface area (Å²) in [5, 5.41) is 7.59. The van der Waals surface area contributed by atoms with Crippen LogP contribution in [-0.2, 0) is 5.41 Å². The van der Waals surface area contributed by atoms with Crippen LogP contribution in [-0.4, -0.2) is 0 Å². The smallest absolute Gasteiger partial charge is 0.0725 e. The summed E-state index contributed by atoms with van der Waals surface area (Å²) >= 11 is 0. The zero-order valence-corrected chi connectivity index (χ0v) is 34.0. The molecule has 0 N–H and O–H groups in total. The zero-order chi connectivity index (χ0) is 40.8. The first-order chi connectivity index (χ1) is 30.8. The second-order valence-electron chi connectivity index (χ2n) is 16.7. The van der Waals surface area contributed by atoms with Crippen molar-refractivity contribution in [2.45, 2.75) is 5.41 Å². The van der Waals surface area contributed by atoms with Crippen molar-refractivity contribution >= 4 is 49.4 Å². The van der Waals surface area contributed by atoms with E-state index in [9.17, 15) is 0 Å². The monoisotopic (exact) mass is 785 g/mol. The number of rotatable bonds is 5. The van der Waals surface area contributed by atoms with Gasteiger partial charge in [-0.3, -0.25) is 0 Å². The largest absolute Gasteiger partial charge is 0.310 e. The average molecular weight is 786 g/mol. The van der Waals surface area contributed by atoms with Gasteiger partial charge < -0.3 is 4.90 Å². The summed E-state index contributed by atoms with van der Waals surface area (Å²) in [6, 6.07) is 87.9. The van der Waals surface area contributed by atoms with E-state index in [0.29, 0.717) is 0 Å². The topological polar surface area (TPSA) is 3.24 Å². The predicted molar refractivity (Wildman–Crippen MR) is 261 cm³/mol. The van der Waals surface area contributed by atoms with Crippen molar-refractivity contribution in [3.05, 3.63) is 259 Å². The minimum atomic E-state index is -0.400. The van der Waals surface area contributed by atoms with Gasteiger partial charge in [-0.1, -0.05) is 200 Å². The molecule has 1 nitrogen and oxygen atoms in total. The molecular formula is C61H39N. The zero-order valence-electron chi connectivity index (χ0n) is 34.0. The van der Waals surface area contributed by atoms with E-state index in [1.54, 1.807) is 0 Å². The Bertz CT molecular complexity index is 3500. The molecule has 0 radical (unpaired) electrons. The van der Waals surface area contributed by atoms with Crippen LogP contribution in [0.2, 0.25) is 0 Å². The fourth-order valence-corrected chi connectivity index (χ4v) is 11.1. The highest BCUT2D eigenvalue weighted by molar-refractivity contribution is 6.25. The summed E-state index contributed by atoms with van der Waals surface area (Å²) in [6.45, 7) is 0. The Morgan fingerprint density at radius 1 is 0.226 bits per heavy atom. The van der Waals surface area contributed by atoms with E-state index in [0.717, 1.165) is 17.1 Å². The minimum absolute atomic E-state index is 0.400. The highest BCUT2D eigenvalue weighted by Crippen LogP contribution is 2.63. The molecule has 288 valence electrons. The molecule has 0 aliphatic heterocycles. The van der Waals surface area contributed by atoms with Gasteiger partial charge in [0.25, 0.3) is 0 Å². The van der Waals surface area contributed by atoms with Crippen molar-refractivity contribution in [2.75, 3.05) is 4.90 Å². The molecule has 1 spiro atoms. The fourth-order valence-electron chi connectivity index (χ4n) is 11.1. The van der Waals surface area contributed by atoms with E-state index in [2.05, 4.69) is 241 Å². The fraction of sp³-hybridized carbons (Fsp3) is 0.0164. The van der Waals surface area contributed by atoms with Crippen LogP contribution in [0.5, 0.6) is 0 Å². The number of anilines is 3. The summed E-state index contributed by atoms with van der Waals surface area (Å²) in [5.74, 6) is 0. The van der Waals surface area contributed by atoms with Crippen molar-refractivity contribution in [2.24, 2.45) is 0 Å². The third-order valence-electron chi connectivity index (χ3n) is 13.7. The SMILES string of the molecule is c1ccc(-c2ccc(N(c3ccc4c(c3)-c3ccccc3C43c4ccccc4-c4ccccc43)c3ccc4c5ccccc5c5ccccc5c4c3)cc2-c2ccccc2)cc1. The van der Waals surface area contributed by atoms with Crippen molar-refractivity contribution in [1.29, 1.82) is 0 Å². The molecule has 11 aromatic rings. The van der Waals surface area contributed by atoms with E-state index in [4.69, 9.17) is 0 Å². The number of nitrogens with zero attached hydrogens (tertiary/aromatic N) is 1. The van der Waals surface area contributed by atoms with Crippen LogP contribution < -0.4 is 4.90 Å². The standard InChI is InChI=1S/C61H39N/c1-3-17-40(18-4-1)45-34-31-42(37-54(45)41-19-5-2-6-20-41)62(43-32-35-50-48-23-8-7-21-46(48)47-22-9-10-24-49(47)55(50)38-43)44-33-36-60-56(39-44)53-27-13-16-30-59(53)61(60)57-28-14-11-25-51(57)52-26-12-15-29-58(52)61/h1-39H. The first-order valence-electron chi connectivity index (χ1n) is 21.6. The molecule has 0 atom stereocenters. The van der Waals surface area contributed by atoms with Gasteiger partial charge >= 0.3 is 0 Å². The van der Waals surface area contributed by atoms with Gasteiger partial charge in [-0.25, -0.2) is 0 Å². The average Bonchev–Trinajstić information content (AvgIpc) is 3.82. The molecule has 0 aromatic heterocycles. The number of benzene rings is 11. The normalized spacial score (nSPS) is 13.0. The Kier molecular flexibility index (Phi) is 7.59. The Morgan fingerprint density at radius 2 is 0.597 bits per heavy atom. The van der Waals surface area contributed by atoms with Crippen LogP contribution in [0, 0.1) is 0 Å². The molecule has 0 unspecified atom stereocenters. The van der Waals surface area contributed by atoms with Crippen LogP contribution in [0.25, 0.3) is 76.8 Å². The molecule has 11 aromatic carbocycles.